The molecule has 1 aliphatic rings. The van der Waals surface area contributed by atoms with Gasteiger partial charge in [-0.1, -0.05) is 12.1 Å². The highest BCUT2D eigenvalue weighted by molar-refractivity contribution is 6.10. The van der Waals surface area contributed by atoms with E-state index >= 15 is 0 Å². The second-order valence-electron chi connectivity index (χ2n) is 4.81. The Bertz CT molecular complexity index is 754. The van der Waals surface area contributed by atoms with Gasteiger partial charge in [-0.25, -0.2) is 0 Å². The van der Waals surface area contributed by atoms with E-state index in [2.05, 4.69) is 10.3 Å². The zero-order chi connectivity index (χ0) is 15.7. The second kappa shape index (κ2) is 5.22. The first kappa shape index (κ1) is 14.2. The lowest BCUT2D eigenvalue weighted by molar-refractivity contribution is -0.137. The Labute approximate surface area is 124 Å². The Balaban J connectivity index is 1.88. The molecule has 1 aliphatic heterocycles. The number of hydrogen-bond acceptors (Lipinski definition) is 1. The number of aromatic nitrogens is 1. The molecule has 3 rings (SSSR count). The Kier molecular flexibility index (Phi) is 3.36. The molecule has 2 N–H and O–H groups in total. The summed E-state index contributed by atoms with van der Waals surface area (Å²) in [5.41, 5.74) is 1.50. The third kappa shape index (κ3) is 2.81. The summed E-state index contributed by atoms with van der Waals surface area (Å²) in [4.78, 5) is 14.8. The van der Waals surface area contributed by atoms with Crippen molar-refractivity contribution < 1.29 is 18.0 Å². The van der Waals surface area contributed by atoms with Crippen molar-refractivity contribution in [3.63, 3.8) is 0 Å². The maximum Gasteiger partial charge on any atom is 0.416 e. The van der Waals surface area contributed by atoms with Crippen LogP contribution in [-0.4, -0.2) is 10.9 Å². The number of carbonyl (C=O) groups excluding carboxylic acids is 1. The van der Waals surface area contributed by atoms with Crippen LogP contribution in [0.1, 0.15) is 16.8 Å². The average Bonchev–Trinajstić information content (AvgIpc) is 3.09. The van der Waals surface area contributed by atoms with Crippen LogP contribution in [0.5, 0.6) is 0 Å². The molecule has 2 aromatic rings. The molecule has 1 amide bonds. The Morgan fingerprint density at radius 3 is 2.36 bits per heavy atom. The van der Waals surface area contributed by atoms with Crippen LogP contribution < -0.4 is 5.32 Å². The van der Waals surface area contributed by atoms with Crippen molar-refractivity contribution in [2.75, 3.05) is 0 Å². The Hall–Kier alpha value is -2.76. The highest BCUT2D eigenvalue weighted by Crippen LogP contribution is 2.30. The molecule has 2 heterocycles. The molecule has 0 saturated carbocycles. The number of hydrogen-bond donors (Lipinski definition) is 2. The van der Waals surface area contributed by atoms with Crippen molar-refractivity contribution in [1.82, 2.24) is 10.3 Å². The minimum absolute atomic E-state index is 0.288. The summed E-state index contributed by atoms with van der Waals surface area (Å²) < 4.78 is 37.6. The predicted molar refractivity (Wildman–Crippen MR) is 76.3 cm³/mol. The van der Waals surface area contributed by atoms with Gasteiger partial charge in [-0.05, 0) is 42.0 Å². The van der Waals surface area contributed by atoms with Crippen molar-refractivity contribution in [3.8, 4) is 0 Å². The van der Waals surface area contributed by atoms with Gasteiger partial charge in [0.2, 0.25) is 0 Å². The third-order valence-corrected chi connectivity index (χ3v) is 3.27. The summed E-state index contributed by atoms with van der Waals surface area (Å²) in [6, 6.07) is 8.28. The van der Waals surface area contributed by atoms with Crippen LogP contribution in [0.3, 0.4) is 0 Å². The van der Waals surface area contributed by atoms with Crippen LogP contribution in [0.25, 0.3) is 11.8 Å². The lowest BCUT2D eigenvalue weighted by atomic mass is 10.1. The molecule has 0 fully saturated rings. The number of amides is 1. The lowest BCUT2D eigenvalue weighted by Gasteiger charge is -2.08. The molecule has 112 valence electrons. The summed E-state index contributed by atoms with van der Waals surface area (Å²) in [6.07, 6.45) is 0.655. The quantitative estimate of drug-likeness (QED) is 0.818. The first-order valence-electron chi connectivity index (χ1n) is 6.49. The monoisotopic (exact) mass is 304 g/mol. The van der Waals surface area contributed by atoms with Gasteiger partial charge in [-0.2, -0.15) is 13.2 Å². The molecule has 0 atom stereocenters. The fourth-order valence-electron chi connectivity index (χ4n) is 2.15. The van der Waals surface area contributed by atoms with Crippen molar-refractivity contribution in [2.24, 2.45) is 0 Å². The van der Waals surface area contributed by atoms with Gasteiger partial charge < -0.3 is 10.3 Å². The van der Waals surface area contributed by atoms with E-state index < -0.39 is 11.7 Å². The second-order valence-corrected chi connectivity index (χ2v) is 4.81. The average molecular weight is 304 g/mol. The van der Waals surface area contributed by atoms with Crippen LogP contribution in [-0.2, 0) is 11.0 Å². The zero-order valence-corrected chi connectivity index (χ0v) is 11.2. The summed E-state index contributed by atoms with van der Waals surface area (Å²) in [6.45, 7) is 0. The highest BCUT2D eigenvalue weighted by Gasteiger charge is 2.30. The fourth-order valence-corrected chi connectivity index (χ4v) is 2.15. The van der Waals surface area contributed by atoms with Crippen molar-refractivity contribution in [3.05, 3.63) is 71.1 Å². The summed E-state index contributed by atoms with van der Waals surface area (Å²) in [5.74, 6) is -0.288. The Morgan fingerprint density at radius 2 is 1.77 bits per heavy atom. The fraction of sp³-hybridized carbons (Fsp3) is 0.0625. The molecule has 6 heteroatoms. The Morgan fingerprint density at radius 1 is 1.05 bits per heavy atom. The number of H-pyrrole nitrogens is 1. The smallest absolute Gasteiger partial charge is 0.362 e. The molecule has 22 heavy (non-hydrogen) atoms. The molecule has 0 unspecified atom stereocenters. The van der Waals surface area contributed by atoms with Crippen LogP contribution in [0.4, 0.5) is 13.2 Å². The first-order chi connectivity index (χ1) is 10.4. The van der Waals surface area contributed by atoms with E-state index in [0.717, 1.165) is 17.8 Å². The topological polar surface area (TPSA) is 44.9 Å². The molecule has 1 aromatic heterocycles. The zero-order valence-electron chi connectivity index (χ0n) is 11.2. The highest BCUT2D eigenvalue weighted by atomic mass is 19.4. The number of alkyl halides is 3. The number of rotatable bonds is 2. The van der Waals surface area contributed by atoms with E-state index in [0.29, 0.717) is 16.8 Å². The predicted octanol–water partition coefficient (Wildman–Crippen LogP) is 3.59. The largest absolute Gasteiger partial charge is 0.416 e. The third-order valence-electron chi connectivity index (χ3n) is 3.27. The van der Waals surface area contributed by atoms with Gasteiger partial charge in [0, 0.05) is 23.2 Å². The minimum Gasteiger partial charge on any atom is -0.362 e. The number of benzene rings is 1. The summed E-state index contributed by atoms with van der Waals surface area (Å²) >= 11 is 0. The molecule has 0 aliphatic carbocycles. The minimum atomic E-state index is -4.37. The number of nitrogens with one attached hydrogen (secondary N) is 2. The van der Waals surface area contributed by atoms with Crippen LogP contribution in [0, 0.1) is 0 Å². The van der Waals surface area contributed by atoms with Gasteiger partial charge in [0.1, 0.15) is 0 Å². The lowest BCUT2D eigenvalue weighted by Crippen LogP contribution is -2.16. The van der Waals surface area contributed by atoms with Crippen LogP contribution in [0.15, 0.2) is 54.2 Å². The van der Waals surface area contributed by atoms with Gasteiger partial charge in [0.05, 0.1) is 5.56 Å². The molecule has 0 saturated heterocycles. The van der Waals surface area contributed by atoms with E-state index in [9.17, 15) is 18.0 Å². The van der Waals surface area contributed by atoms with Gasteiger partial charge in [-0.3, -0.25) is 4.79 Å². The number of carbonyl (C=O) groups is 1. The van der Waals surface area contributed by atoms with E-state index in [-0.39, 0.29) is 5.91 Å². The normalized spacial score (nSPS) is 16.8. The summed E-state index contributed by atoms with van der Waals surface area (Å²) in [7, 11) is 0. The SMILES string of the molecule is O=C1NC(c2ccc(C(F)(F)F)cc2)=CC1=Cc1ccc[nH]1. The van der Waals surface area contributed by atoms with Crippen LogP contribution >= 0.6 is 0 Å². The first-order valence-corrected chi connectivity index (χ1v) is 6.49. The van der Waals surface area contributed by atoms with E-state index in [1.165, 1.54) is 12.1 Å². The van der Waals surface area contributed by atoms with Crippen molar-refractivity contribution in [1.29, 1.82) is 0 Å². The van der Waals surface area contributed by atoms with Gasteiger partial charge in [-0.15, -0.1) is 0 Å². The van der Waals surface area contributed by atoms with Gasteiger partial charge in [0.15, 0.2) is 0 Å². The number of aromatic amines is 1. The molecule has 0 radical (unpaired) electrons. The van der Waals surface area contributed by atoms with E-state index in [4.69, 9.17) is 0 Å². The van der Waals surface area contributed by atoms with E-state index in [1.54, 1.807) is 24.4 Å². The standard InChI is InChI=1S/C16H11F3N2O/c17-16(18,19)12-5-3-10(4-6-12)14-9-11(15(22)21-14)8-13-2-1-7-20-13/h1-9,20H,(H,21,22). The van der Waals surface area contributed by atoms with E-state index in [1.807, 2.05) is 6.07 Å². The van der Waals surface area contributed by atoms with Crippen molar-refractivity contribution in [2.45, 2.75) is 6.18 Å². The van der Waals surface area contributed by atoms with Crippen LogP contribution in [0.2, 0.25) is 0 Å². The van der Waals surface area contributed by atoms with Gasteiger partial charge in [0.25, 0.3) is 5.91 Å². The maximum absolute atomic E-state index is 12.5. The maximum atomic E-state index is 12.5. The molecule has 0 bridgehead atoms. The molecular weight excluding hydrogens is 293 g/mol. The molecule has 0 spiro atoms. The number of halogens is 3. The molecule has 1 aromatic carbocycles. The summed E-state index contributed by atoms with van der Waals surface area (Å²) in [5, 5.41) is 2.65. The van der Waals surface area contributed by atoms with Gasteiger partial charge >= 0.3 is 6.18 Å². The molecule has 3 nitrogen and oxygen atoms in total. The molecular formula is C16H11F3N2O. The van der Waals surface area contributed by atoms with Crippen molar-refractivity contribution >= 4 is 17.7 Å².